The lowest BCUT2D eigenvalue weighted by Crippen LogP contribution is -2.40. The first-order chi connectivity index (χ1) is 10.6. The van der Waals surface area contributed by atoms with Gasteiger partial charge in [0.25, 0.3) is 5.91 Å². The lowest BCUT2D eigenvalue weighted by Gasteiger charge is -2.26. The summed E-state index contributed by atoms with van der Waals surface area (Å²) in [6.07, 6.45) is -0.293. The third-order valence-electron chi connectivity index (χ3n) is 3.23. The molecule has 4 nitrogen and oxygen atoms in total. The summed E-state index contributed by atoms with van der Waals surface area (Å²) in [6.45, 7) is 0.606. The summed E-state index contributed by atoms with van der Waals surface area (Å²) < 4.78 is 24.3. The molecule has 2 aromatic rings. The largest absolute Gasteiger partial charge is 0.486 e. The molecule has 114 valence electrons. The number of fused-ring (bicyclic) bond motifs is 1. The molecule has 1 atom stereocenters. The zero-order valence-corrected chi connectivity index (χ0v) is 12.3. The van der Waals surface area contributed by atoms with Gasteiger partial charge in [-0.3, -0.25) is 4.79 Å². The number of para-hydroxylation sites is 2. The van der Waals surface area contributed by atoms with Crippen molar-refractivity contribution in [2.45, 2.75) is 6.10 Å². The number of halogens is 2. The van der Waals surface area contributed by atoms with Gasteiger partial charge in [0.15, 0.2) is 11.5 Å². The smallest absolute Gasteiger partial charge is 0.252 e. The fourth-order valence-electron chi connectivity index (χ4n) is 2.14. The minimum atomic E-state index is -0.484. The van der Waals surface area contributed by atoms with Gasteiger partial charge >= 0.3 is 0 Å². The second kappa shape index (κ2) is 6.23. The van der Waals surface area contributed by atoms with Crippen molar-refractivity contribution in [3.8, 4) is 11.5 Å². The second-order valence-electron chi connectivity index (χ2n) is 4.83. The molecule has 0 aliphatic carbocycles. The van der Waals surface area contributed by atoms with E-state index in [-0.39, 0.29) is 29.1 Å². The van der Waals surface area contributed by atoms with Gasteiger partial charge in [0.1, 0.15) is 18.5 Å². The maximum atomic E-state index is 13.0. The van der Waals surface area contributed by atoms with Gasteiger partial charge in [-0.2, -0.15) is 0 Å². The number of benzene rings is 2. The number of nitrogens with one attached hydrogen (secondary N) is 1. The molecule has 0 spiro atoms. The number of carbonyl (C=O) groups excluding carboxylic acids is 1. The Morgan fingerprint density at radius 3 is 2.82 bits per heavy atom. The van der Waals surface area contributed by atoms with E-state index in [2.05, 4.69) is 5.32 Å². The monoisotopic (exact) mass is 321 g/mol. The standard InChI is InChI=1S/C16H13ClFNO3/c17-13-7-10(18)5-6-12(13)16(20)19-8-11-9-21-14-3-1-2-4-15(14)22-11/h1-7,11H,8-9H2,(H,19,20). The topological polar surface area (TPSA) is 47.6 Å². The molecule has 0 aromatic heterocycles. The number of rotatable bonds is 3. The van der Waals surface area contributed by atoms with Gasteiger partial charge in [-0.25, -0.2) is 4.39 Å². The van der Waals surface area contributed by atoms with Crippen molar-refractivity contribution in [1.82, 2.24) is 5.32 Å². The maximum absolute atomic E-state index is 13.0. The highest BCUT2D eigenvalue weighted by atomic mass is 35.5. The Morgan fingerprint density at radius 1 is 1.27 bits per heavy atom. The van der Waals surface area contributed by atoms with E-state index in [1.54, 1.807) is 6.07 Å². The Bertz CT molecular complexity index is 708. The van der Waals surface area contributed by atoms with Crippen LogP contribution in [0.15, 0.2) is 42.5 Å². The molecule has 2 aromatic carbocycles. The summed E-state index contributed by atoms with van der Waals surface area (Å²) >= 11 is 5.86. The van der Waals surface area contributed by atoms with Crippen LogP contribution in [0.5, 0.6) is 11.5 Å². The lowest BCUT2D eigenvalue weighted by molar-refractivity contribution is 0.0789. The predicted molar refractivity (Wildman–Crippen MR) is 80.1 cm³/mol. The van der Waals surface area contributed by atoms with E-state index in [0.717, 1.165) is 6.07 Å². The maximum Gasteiger partial charge on any atom is 0.252 e. The Morgan fingerprint density at radius 2 is 2.05 bits per heavy atom. The van der Waals surface area contributed by atoms with Crippen molar-refractivity contribution in [3.63, 3.8) is 0 Å². The minimum absolute atomic E-state index is 0.0728. The Hall–Kier alpha value is -2.27. The van der Waals surface area contributed by atoms with Crippen LogP contribution in [0.2, 0.25) is 5.02 Å². The molecule has 0 saturated heterocycles. The van der Waals surface area contributed by atoms with Gasteiger partial charge < -0.3 is 14.8 Å². The molecular weight excluding hydrogens is 309 g/mol. The van der Waals surface area contributed by atoms with Crippen LogP contribution >= 0.6 is 11.6 Å². The first kappa shape index (κ1) is 14.7. The number of hydrogen-bond donors (Lipinski definition) is 1. The Balaban J connectivity index is 1.60. The van der Waals surface area contributed by atoms with Crippen molar-refractivity contribution in [3.05, 3.63) is 58.9 Å². The fourth-order valence-corrected chi connectivity index (χ4v) is 2.39. The summed E-state index contributed by atoms with van der Waals surface area (Å²) in [5, 5.41) is 2.78. The van der Waals surface area contributed by atoms with Crippen molar-refractivity contribution in [2.24, 2.45) is 0 Å². The lowest BCUT2D eigenvalue weighted by atomic mass is 10.2. The van der Waals surface area contributed by atoms with Gasteiger partial charge in [-0.05, 0) is 30.3 Å². The molecule has 1 unspecified atom stereocenters. The third kappa shape index (κ3) is 3.14. The van der Waals surface area contributed by atoms with E-state index >= 15 is 0 Å². The summed E-state index contributed by atoms with van der Waals surface area (Å²) in [5.74, 6) is 0.467. The molecule has 22 heavy (non-hydrogen) atoms. The summed E-state index contributed by atoms with van der Waals surface area (Å²) in [7, 11) is 0. The van der Waals surface area contributed by atoms with Gasteiger partial charge in [0.05, 0.1) is 17.1 Å². The van der Waals surface area contributed by atoms with E-state index in [4.69, 9.17) is 21.1 Å². The van der Waals surface area contributed by atoms with Crippen LogP contribution in [0.1, 0.15) is 10.4 Å². The number of amides is 1. The van der Waals surface area contributed by atoms with Crippen LogP contribution in [0, 0.1) is 5.82 Å². The van der Waals surface area contributed by atoms with Crippen LogP contribution in [-0.2, 0) is 0 Å². The van der Waals surface area contributed by atoms with E-state index < -0.39 is 5.82 Å². The van der Waals surface area contributed by atoms with Gasteiger partial charge in [-0.15, -0.1) is 0 Å². The normalized spacial score (nSPS) is 16.2. The number of hydrogen-bond acceptors (Lipinski definition) is 3. The Labute approximate surface area is 131 Å². The summed E-state index contributed by atoms with van der Waals surface area (Å²) in [4.78, 5) is 12.1. The van der Waals surface area contributed by atoms with Crippen LogP contribution in [0.3, 0.4) is 0 Å². The van der Waals surface area contributed by atoms with Crippen molar-refractivity contribution in [1.29, 1.82) is 0 Å². The first-order valence-electron chi connectivity index (χ1n) is 6.75. The molecule has 6 heteroatoms. The molecular formula is C16H13ClFNO3. The summed E-state index contributed by atoms with van der Waals surface area (Å²) in [5.41, 5.74) is 0.222. The van der Waals surface area contributed by atoms with Crippen molar-refractivity contribution < 1.29 is 18.7 Å². The molecule has 1 N–H and O–H groups in total. The summed E-state index contributed by atoms with van der Waals surface area (Å²) in [6, 6.07) is 11.0. The average Bonchev–Trinajstić information content (AvgIpc) is 2.52. The van der Waals surface area contributed by atoms with Crippen LogP contribution < -0.4 is 14.8 Å². The molecule has 0 radical (unpaired) electrons. The van der Waals surface area contributed by atoms with Gasteiger partial charge in [0.2, 0.25) is 0 Å². The van der Waals surface area contributed by atoms with Gasteiger partial charge in [0, 0.05) is 0 Å². The second-order valence-corrected chi connectivity index (χ2v) is 5.24. The average molecular weight is 322 g/mol. The number of ether oxygens (including phenoxy) is 2. The van der Waals surface area contributed by atoms with Crippen LogP contribution in [0.4, 0.5) is 4.39 Å². The zero-order valence-electron chi connectivity index (χ0n) is 11.5. The molecule has 1 aliphatic heterocycles. The molecule has 1 heterocycles. The first-order valence-corrected chi connectivity index (χ1v) is 7.13. The molecule has 0 bridgehead atoms. The third-order valence-corrected chi connectivity index (χ3v) is 3.55. The fraction of sp³-hybridized carbons (Fsp3) is 0.188. The van der Waals surface area contributed by atoms with Crippen molar-refractivity contribution in [2.75, 3.05) is 13.2 Å². The zero-order chi connectivity index (χ0) is 15.5. The van der Waals surface area contributed by atoms with Gasteiger partial charge in [-0.1, -0.05) is 23.7 Å². The van der Waals surface area contributed by atoms with E-state index in [9.17, 15) is 9.18 Å². The highest BCUT2D eigenvalue weighted by Crippen LogP contribution is 2.30. The highest BCUT2D eigenvalue weighted by Gasteiger charge is 2.21. The molecule has 0 fully saturated rings. The van der Waals surface area contributed by atoms with Crippen molar-refractivity contribution >= 4 is 17.5 Å². The Kier molecular flexibility index (Phi) is 4.15. The van der Waals surface area contributed by atoms with E-state index in [0.29, 0.717) is 18.1 Å². The molecule has 1 aliphatic rings. The molecule has 0 saturated carbocycles. The van der Waals surface area contributed by atoms with Crippen LogP contribution in [-0.4, -0.2) is 25.2 Å². The predicted octanol–water partition coefficient (Wildman–Crippen LogP) is 3.05. The SMILES string of the molecule is O=C(NCC1COc2ccccc2O1)c1ccc(F)cc1Cl. The minimum Gasteiger partial charge on any atom is -0.486 e. The highest BCUT2D eigenvalue weighted by molar-refractivity contribution is 6.33. The quantitative estimate of drug-likeness (QED) is 0.945. The molecule has 1 amide bonds. The molecule has 3 rings (SSSR count). The van der Waals surface area contributed by atoms with Crippen LogP contribution in [0.25, 0.3) is 0 Å². The number of carbonyl (C=O) groups is 1. The van der Waals surface area contributed by atoms with E-state index in [1.165, 1.54) is 12.1 Å². The van der Waals surface area contributed by atoms with E-state index in [1.807, 2.05) is 18.2 Å².